The standard InChI is InChI=1S/C13H17N5/c1-2-4-12-11(3-1)15-13(17-16-12)5-8-18-9-6-14-7-10-18/h1-4,14H,5-10H2. The van der Waals surface area contributed by atoms with E-state index in [2.05, 4.69) is 25.4 Å². The van der Waals surface area contributed by atoms with Gasteiger partial charge in [-0.1, -0.05) is 12.1 Å². The number of aromatic nitrogens is 3. The molecule has 5 heteroatoms. The number of rotatable bonds is 3. The number of hydrogen-bond acceptors (Lipinski definition) is 5. The van der Waals surface area contributed by atoms with E-state index in [1.165, 1.54) is 0 Å². The number of piperazine rings is 1. The zero-order valence-corrected chi connectivity index (χ0v) is 10.3. The van der Waals surface area contributed by atoms with Crippen LogP contribution in [0, 0.1) is 0 Å². The molecule has 3 rings (SSSR count). The Labute approximate surface area is 106 Å². The van der Waals surface area contributed by atoms with Crippen molar-refractivity contribution in [2.45, 2.75) is 6.42 Å². The van der Waals surface area contributed by atoms with Gasteiger partial charge in [0.15, 0.2) is 5.82 Å². The van der Waals surface area contributed by atoms with Crippen molar-refractivity contribution in [3.05, 3.63) is 30.1 Å². The average molecular weight is 243 g/mol. The molecular weight excluding hydrogens is 226 g/mol. The third-order valence-corrected chi connectivity index (χ3v) is 3.27. The van der Waals surface area contributed by atoms with E-state index in [4.69, 9.17) is 0 Å². The van der Waals surface area contributed by atoms with E-state index in [1.54, 1.807) is 0 Å². The maximum atomic E-state index is 4.54. The summed E-state index contributed by atoms with van der Waals surface area (Å²) in [5.41, 5.74) is 1.80. The van der Waals surface area contributed by atoms with Crippen molar-refractivity contribution < 1.29 is 0 Å². The second-order valence-corrected chi connectivity index (χ2v) is 4.56. The molecule has 1 aromatic heterocycles. The first kappa shape index (κ1) is 11.5. The Morgan fingerprint density at radius 3 is 2.67 bits per heavy atom. The number of fused-ring (bicyclic) bond motifs is 1. The molecular formula is C13H17N5. The van der Waals surface area contributed by atoms with Crippen molar-refractivity contribution in [1.82, 2.24) is 25.4 Å². The normalized spacial score (nSPS) is 17.1. The van der Waals surface area contributed by atoms with Gasteiger partial charge in [0.25, 0.3) is 0 Å². The molecule has 0 atom stereocenters. The number of benzene rings is 1. The van der Waals surface area contributed by atoms with Crippen molar-refractivity contribution in [2.24, 2.45) is 0 Å². The highest BCUT2D eigenvalue weighted by atomic mass is 15.2. The van der Waals surface area contributed by atoms with E-state index in [0.29, 0.717) is 0 Å². The van der Waals surface area contributed by atoms with E-state index >= 15 is 0 Å². The first-order chi connectivity index (χ1) is 8.92. The lowest BCUT2D eigenvalue weighted by Gasteiger charge is -2.26. The van der Waals surface area contributed by atoms with Crippen LogP contribution in [-0.2, 0) is 6.42 Å². The fourth-order valence-electron chi connectivity index (χ4n) is 2.22. The summed E-state index contributed by atoms with van der Waals surface area (Å²) in [6.45, 7) is 5.40. The van der Waals surface area contributed by atoms with Crippen LogP contribution in [0.5, 0.6) is 0 Å². The molecule has 0 unspecified atom stereocenters. The molecule has 0 radical (unpaired) electrons. The molecule has 1 fully saturated rings. The van der Waals surface area contributed by atoms with Crippen LogP contribution in [0.25, 0.3) is 11.0 Å². The zero-order chi connectivity index (χ0) is 12.2. The summed E-state index contributed by atoms with van der Waals surface area (Å²) in [7, 11) is 0. The van der Waals surface area contributed by atoms with Crippen LogP contribution in [0.1, 0.15) is 5.82 Å². The fraction of sp³-hybridized carbons (Fsp3) is 0.462. The Morgan fingerprint density at radius 2 is 1.83 bits per heavy atom. The van der Waals surface area contributed by atoms with Crippen LogP contribution in [0.15, 0.2) is 24.3 Å². The summed E-state index contributed by atoms with van der Waals surface area (Å²) in [5.74, 6) is 0.840. The second-order valence-electron chi connectivity index (χ2n) is 4.56. The van der Waals surface area contributed by atoms with Gasteiger partial charge in [0.1, 0.15) is 5.52 Å². The molecule has 2 aromatic rings. The smallest absolute Gasteiger partial charge is 0.152 e. The number of hydrogen-bond donors (Lipinski definition) is 1. The quantitative estimate of drug-likeness (QED) is 0.849. The topological polar surface area (TPSA) is 53.9 Å². The Bertz CT molecular complexity index is 522. The van der Waals surface area contributed by atoms with Gasteiger partial charge >= 0.3 is 0 Å². The SMILES string of the molecule is c1ccc2nc(CCN3CCNCC3)nnc2c1. The third-order valence-electron chi connectivity index (χ3n) is 3.27. The molecule has 1 aliphatic heterocycles. The Morgan fingerprint density at radius 1 is 1.06 bits per heavy atom. The lowest BCUT2D eigenvalue weighted by atomic mass is 10.3. The molecule has 1 aromatic carbocycles. The predicted octanol–water partition coefficient (Wildman–Crippen LogP) is 0.472. The maximum absolute atomic E-state index is 4.54. The maximum Gasteiger partial charge on any atom is 0.152 e. The molecule has 0 bridgehead atoms. The molecule has 0 saturated carbocycles. The molecule has 2 heterocycles. The van der Waals surface area contributed by atoms with Gasteiger partial charge in [0, 0.05) is 39.1 Å². The summed E-state index contributed by atoms with van der Waals surface area (Å²) >= 11 is 0. The molecule has 1 aliphatic rings. The van der Waals surface area contributed by atoms with Crippen molar-refractivity contribution in [3.63, 3.8) is 0 Å². The van der Waals surface area contributed by atoms with Gasteiger partial charge in [-0.25, -0.2) is 4.98 Å². The molecule has 18 heavy (non-hydrogen) atoms. The van der Waals surface area contributed by atoms with Gasteiger partial charge in [-0.15, -0.1) is 10.2 Å². The number of nitrogens with one attached hydrogen (secondary N) is 1. The minimum absolute atomic E-state index is 0.840. The number of nitrogens with zero attached hydrogens (tertiary/aromatic N) is 4. The molecule has 0 aliphatic carbocycles. The molecule has 0 spiro atoms. The van der Waals surface area contributed by atoms with Crippen LogP contribution >= 0.6 is 0 Å². The van der Waals surface area contributed by atoms with Crippen LogP contribution in [-0.4, -0.2) is 52.8 Å². The predicted molar refractivity (Wildman–Crippen MR) is 70.3 cm³/mol. The number of para-hydroxylation sites is 1. The van der Waals surface area contributed by atoms with Gasteiger partial charge in [0.2, 0.25) is 0 Å². The van der Waals surface area contributed by atoms with Crippen molar-refractivity contribution >= 4 is 11.0 Å². The monoisotopic (exact) mass is 243 g/mol. The summed E-state index contributed by atoms with van der Waals surface area (Å²) in [5, 5.41) is 11.7. The largest absolute Gasteiger partial charge is 0.314 e. The van der Waals surface area contributed by atoms with E-state index in [9.17, 15) is 0 Å². The minimum atomic E-state index is 0.840. The first-order valence-corrected chi connectivity index (χ1v) is 6.43. The summed E-state index contributed by atoms with van der Waals surface area (Å²) in [4.78, 5) is 6.98. The molecule has 1 N–H and O–H groups in total. The second kappa shape index (κ2) is 5.37. The van der Waals surface area contributed by atoms with Crippen LogP contribution in [0.2, 0.25) is 0 Å². The van der Waals surface area contributed by atoms with Gasteiger partial charge < -0.3 is 10.2 Å². The Hall–Kier alpha value is -1.59. The highest BCUT2D eigenvalue weighted by molar-refractivity contribution is 5.72. The van der Waals surface area contributed by atoms with Crippen molar-refractivity contribution in [3.8, 4) is 0 Å². The van der Waals surface area contributed by atoms with Crippen molar-refractivity contribution in [2.75, 3.05) is 32.7 Å². The van der Waals surface area contributed by atoms with Crippen LogP contribution in [0.4, 0.5) is 0 Å². The van der Waals surface area contributed by atoms with Gasteiger partial charge in [-0.3, -0.25) is 0 Å². The fourth-order valence-corrected chi connectivity index (χ4v) is 2.22. The zero-order valence-electron chi connectivity index (χ0n) is 10.3. The summed E-state index contributed by atoms with van der Waals surface area (Å²) < 4.78 is 0. The van der Waals surface area contributed by atoms with Crippen LogP contribution in [0.3, 0.4) is 0 Å². The van der Waals surface area contributed by atoms with Gasteiger partial charge in [-0.05, 0) is 12.1 Å². The lowest BCUT2D eigenvalue weighted by Crippen LogP contribution is -2.44. The Kier molecular flexibility index (Phi) is 3.43. The molecule has 5 nitrogen and oxygen atoms in total. The average Bonchev–Trinajstić information content (AvgIpc) is 2.46. The van der Waals surface area contributed by atoms with E-state index in [-0.39, 0.29) is 0 Å². The van der Waals surface area contributed by atoms with E-state index in [0.717, 1.165) is 56.0 Å². The van der Waals surface area contributed by atoms with Crippen LogP contribution < -0.4 is 5.32 Å². The van der Waals surface area contributed by atoms with E-state index < -0.39 is 0 Å². The third kappa shape index (κ3) is 2.63. The minimum Gasteiger partial charge on any atom is -0.314 e. The lowest BCUT2D eigenvalue weighted by molar-refractivity contribution is 0.242. The highest BCUT2D eigenvalue weighted by Gasteiger charge is 2.10. The molecule has 94 valence electrons. The van der Waals surface area contributed by atoms with Crippen molar-refractivity contribution in [1.29, 1.82) is 0 Å². The summed E-state index contributed by atoms with van der Waals surface area (Å²) in [6.07, 6.45) is 0.873. The molecule has 0 amide bonds. The van der Waals surface area contributed by atoms with Gasteiger partial charge in [-0.2, -0.15) is 0 Å². The van der Waals surface area contributed by atoms with E-state index in [1.807, 2.05) is 24.3 Å². The molecule has 1 saturated heterocycles. The van der Waals surface area contributed by atoms with Gasteiger partial charge in [0.05, 0.1) is 5.52 Å². The summed E-state index contributed by atoms with van der Waals surface area (Å²) in [6, 6.07) is 7.87. The first-order valence-electron chi connectivity index (χ1n) is 6.43. The highest BCUT2D eigenvalue weighted by Crippen LogP contribution is 2.07. The Balaban J connectivity index is 1.66.